The minimum absolute atomic E-state index is 0.0680. The molecule has 8 nitrogen and oxygen atoms in total. The fraction of sp³-hybridized carbons (Fsp3) is 0.455. The van der Waals surface area contributed by atoms with Crippen LogP contribution in [0.25, 0.3) is 0 Å². The molecular weight excluding hydrogens is 282 g/mol. The number of amides is 1. The first kappa shape index (κ1) is 16.0. The molecule has 0 aliphatic carbocycles. The molecular formula is C11H18ClN7O. The lowest BCUT2D eigenvalue weighted by molar-refractivity contribution is -0.118. The summed E-state index contributed by atoms with van der Waals surface area (Å²) in [5.74, 6) is 0.581. The van der Waals surface area contributed by atoms with Gasteiger partial charge in [-0.05, 0) is 6.92 Å². The van der Waals surface area contributed by atoms with Gasteiger partial charge in [-0.15, -0.1) is 0 Å². The Morgan fingerprint density at radius 3 is 3.00 bits per heavy atom. The van der Waals surface area contributed by atoms with Gasteiger partial charge < -0.3 is 16.4 Å². The molecule has 20 heavy (non-hydrogen) atoms. The number of primary amides is 1. The average Bonchev–Trinajstić information content (AvgIpc) is 2.37. The summed E-state index contributed by atoms with van der Waals surface area (Å²) in [7, 11) is 1.66. The van der Waals surface area contributed by atoms with Gasteiger partial charge in [-0.2, -0.15) is 10.1 Å². The molecule has 0 atom stereocenters. The number of likely N-dealkylation sites (N-methyl/N-ethyl adjacent to an activating group) is 1. The molecule has 0 bridgehead atoms. The van der Waals surface area contributed by atoms with Gasteiger partial charge in [0.05, 0.1) is 12.7 Å². The fourth-order valence-electron chi connectivity index (χ4n) is 1.33. The Morgan fingerprint density at radius 2 is 2.35 bits per heavy atom. The third-order valence-corrected chi connectivity index (χ3v) is 2.38. The second kappa shape index (κ2) is 8.16. The first-order valence-corrected chi connectivity index (χ1v) is 6.43. The van der Waals surface area contributed by atoms with Crippen molar-refractivity contribution in [2.24, 2.45) is 10.8 Å². The number of nitrogens with two attached hydrogens (primary N) is 1. The molecule has 0 aromatic carbocycles. The zero-order chi connectivity index (χ0) is 15.0. The van der Waals surface area contributed by atoms with Gasteiger partial charge in [-0.25, -0.2) is 4.98 Å². The van der Waals surface area contributed by atoms with Gasteiger partial charge in [0.1, 0.15) is 17.4 Å². The molecule has 1 aromatic rings. The number of hydrogen-bond donors (Lipinski definition) is 3. The van der Waals surface area contributed by atoms with E-state index in [0.29, 0.717) is 23.3 Å². The predicted octanol–water partition coefficient (Wildman–Crippen LogP) is 0.377. The van der Waals surface area contributed by atoms with Crippen LogP contribution in [0, 0.1) is 0 Å². The maximum atomic E-state index is 10.6. The zero-order valence-corrected chi connectivity index (χ0v) is 12.2. The molecule has 1 aromatic heterocycles. The quantitative estimate of drug-likeness (QED) is 0.473. The Hall–Kier alpha value is -2.09. The second-order valence-corrected chi connectivity index (χ2v) is 4.29. The van der Waals surface area contributed by atoms with Crippen LogP contribution in [0.15, 0.2) is 11.3 Å². The van der Waals surface area contributed by atoms with Gasteiger partial charge in [0.25, 0.3) is 0 Å². The van der Waals surface area contributed by atoms with Crippen LogP contribution in [-0.4, -0.2) is 53.8 Å². The summed E-state index contributed by atoms with van der Waals surface area (Å²) in [5, 5.41) is 11.9. The minimum Gasteiger partial charge on any atom is -0.369 e. The number of halogens is 1. The van der Waals surface area contributed by atoms with Crippen LogP contribution in [0.3, 0.4) is 0 Å². The molecule has 0 saturated heterocycles. The third-order valence-electron chi connectivity index (χ3n) is 2.10. The highest BCUT2D eigenvalue weighted by atomic mass is 35.5. The monoisotopic (exact) mass is 299 g/mol. The molecule has 0 fully saturated rings. The Bertz CT molecular complexity index is 480. The normalized spacial score (nSPS) is 10.6. The number of carbonyl (C=O) groups is 1. The molecule has 0 spiro atoms. The molecule has 0 aliphatic rings. The second-order valence-electron chi connectivity index (χ2n) is 3.88. The summed E-state index contributed by atoms with van der Waals surface area (Å²) in [6, 6.07) is 0. The number of nitrogens with zero attached hydrogens (tertiary/aromatic N) is 4. The summed E-state index contributed by atoms with van der Waals surface area (Å²) >= 11 is 5.93. The number of hydrazone groups is 1. The number of hydrogen-bond acceptors (Lipinski definition) is 7. The van der Waals surface area contributed by atoms with Crippen molar-refractivity contribution in [3.05, 3.63) is 11.2 Å². The van der Waals surface area contributed by atoms with Crippen molar-refractivity contribution in [1.82, 2.24) is 15.0 Å². The topological polar surface area (TPSA) is 109 Å². The average molecular weight is 300 g/mol. The number of nitrogens with one attached hydrogen (secondary N) is 2. The highest BCUT2D eigenvalue weighted by molar-refractivity contribution is 6.32. The van der Waals surface area contributed by atoms with E-state index in [1.165, 1.54) is 11.2 Å². The molecule has 9 heteroatoms. The van der Waals surface area contributed by atoms with Crippen LogP contribution >= 0.6 is 11.6 Å². The summed E-state index contributed by atoms with van der Waals surface area (Å²) < 4.78 is 0. The predicted molar refractivity (Wildman–Crippen MR) is 80.0 cm³/mol. The van der Waals surface area contributed by atoms with Crippen molar-refractivity contribution in [2.45, 2.75) is 6.92 Å². The Labute approximate surface area is 122 Å². The number of rotatable bonds is 8. The van der Waals surface area contributed by atoms with Crippen LogP contribution in [0.4, 0.5) is 11.8 Å². The Morgan fingerprint density at radius 1 is 1.60 bits per heavy atom. The van der Waals surface area contributed by atoms with Gasteiger partial charge in [0, 0.05) is 19.8 Å². The smallest absolute Gasteiger partial charge is 0.238 e. The van der Waals surface area contributed by atoms with Gasteiger partial charge >= 0.3 is 0 Å². The SMILES string of the molecule is CCNc1nc(NC/C=N\N(C)CC(N)=O)ncc1Cl. The molecule has 1 amide bonds. The van der Waals surface area contributed by atoms with Gasteiger partial charge in [0.2, 0.25) is 11.9 Å². The standard InChI is InChI=1S/C11H18ClN7O/c1-3-14-10-8(12)6-16-11(18-10)15-4-5-17-19(2)7-9(13)20/h5-6H,3-4,7H2,1-2H3,(H2,13,20)(H2,14,15,16,18)/b17-5-. The highest BCUT2D eigenvalue weighted by Gasteiger charge is 2.03. The Balaban J connectivity index is 2.47. The van der Waals surface area contributed by atoms with E-state index >= 15 is 0 Å². The van der Waals surface area contributed by atoms with E-state index in [2.05, 4.69) is 25.7 Å². The number of aromatic nitrogens is 2. The maximum absolute atomic E-state index is 10.6. The lowest BCUT2D eigenvalue weighted by Crippen LogP contribution is -2.27. The lowest BCUT2D eigenvalue weighted by atomic mass is 10.5. The lowest BCUT2D eigenvalue weighted by Gasteiger charge is -2.10. The first-order chi connectivity index (χ1) is 9.52. The number of carbonyl (C=O) groups excluding carboxylic acids is 1. The fourth-order valence-corrected chi connectivity index (χ4v) is 1.49. The van der Waals surface area contributed by atoms with E-state index in [1.54, 1.807) is 13.3 Å². The Kier molecular flexibility index (Phi) is 6.51. The van der Waals surface area contributed by atoms with Crippen molar-refractivity contribution < 1.29 is 4.79 Å². The van der Waals surface area contributed by atoms with Crippen LogP contribution < -0.4 is 16.4 Å². The van der Waals surface area contributed by atoms with Crippen LogP contribution in [0.5, 0.6) is 0 Å². The molecule has 0 saturated carbocycles. The van der Waals surface area contributed by atoms with E-state index in [9.17, 15) is 4.79 Å². The summed E-state index contributed by atoms with van der Waals surface area (Å²) in [6.45, 7) is 3.15. The van der Waals surface area contributed by atoms with E-state index in [4.69, 9.17) is 17.3 Å². The van der Waals surface area contributed by atoms with Crippen molar-refractivity contribution in [1.29, 1.82) is 0 Å². The summed E-state index contributed by atoms with van der Waals surface area (Å²) in [4.78, 5) is 18.9. The highest BCUT2D eigenvalue weighted by Crippen LogP contribution is 2.18. The van der Waals surface area contributed by atoms with Gasteiger partial charge in [-0.3, -0.25) is 9.80 Å². The molecule has 0 unspecified atom stereocenters. The maximum Gasteiger partial charge on any atom is 0.238 e. The summed E-state index contributed by atoms with van der Waals surface area (Å²) in [5.41, 5.74) is 5.04. The van der Waals surface area contributed by atoms with Crippen molar-refractivity contribution in [3.8, 4) is 0 Å². The van der Waals surface area contributed by atoms with Crippen molar-refractivity contribution >= 4 is 35.5 Å². The van der Waals surface area contributed by atoms with E-state index in [1.807, 2.05) is 6.92 Å². The molecule has 1 heterocycles. The largest absolute Gasteiger partial charge is 0.369 e. The molecule has 110 valence electrons. The molecule has 0 aliphatic heterocycles. The van der Waals surface area contributed by atoms with Crippen LogP contribution in [0.2, 0.25) is 5.02 Å². The van der Waals surface area contributed by atoms with Crippen molar-refractivity contribution in [3.63, 3.8) is 0 Å². The minimum atomic E-state index is -0.436. The first-order valence-electron chi connectivity index (χ1n) is 6.05. The molecule has 0 radical (unpaired) electrons. The number of anilines is 2. The van der Waals surface area contributed by atoms with Crippen LogP contribution in [0.1, 0.15) is 6.92 Å². The van der Waals surface area contributed by atoms with E-state index in [0.717, 1.165) is 6.54 Å². The van der Waals surface area contributed by atoms with E-state index < -0.39 is 5.91 Å². The van der Waals surface area contributed by atoms with Gasteiger partial charge in [-0.1, -0.05) is 11.6 Å². The third kappa shape index (κ3) is 5.70. The molecule has 1 rings (SSSR count). The van der Waals surface area contributed by atoms with Crippen LogP contribution in [-0.2, 0) is 4.79 Å². The molecule has 4 N–H and O–H groups in total. The van der Waals surface area contributed by atoms with Crippen molar-refractivity contribution in [2.75, 3.05) is 37.3 Å². The zero-order valence-electron chi connectivity index (χ0n) is 11.4. The summed E-state index contributed by atoms with van der Waals surface area (Å²) in [6.07, 6.45) is 3.11. The van der Waals surface area contributed by atoms with Gasteiger partial charge in [0.15, 0.2) is 0 Å². The van der Waals surface area contributed by atoms with E-state index in [-0.39, 0.29) is 6.54 Å².